The second kappa shape index (κ2) is 6.55. The topological polar surface area (TPSA) is 49.3 Å². The Labute approximate surface area is 108 Å². The lowest BCUT2D eigenvalue weighted by molar-refractivity contribution is -0.128. The molecule has 0 spiro atoms. The van der Waals surface area contributed by atoms with Crippen LogP contribution >= 0.6 is 0 Å². The summed E-state index contributed by atoms with van der Waals surface area (Å²) < 4.78 is 0. The lowest BCUT2D eigenvalue weighted by Crippen LogP contribution is -2.37. The Hall–Kier alpha value is -1.35. The molecule has 1 aromatic rings. The summed E-state index contributed by atoms with van der Waals surface area (Å²) >= 11 is 0. The molecular formula is C15H21NO2. The third-order valence-electron chi connectivity index (χ3n) is 3.79. The van der Waals surface area contributed by atoms with Gasteiger partial charge in [-0.25, -0.2) is 0 Å². The van der Waals surface area contributed by atoms with Gasteiger partial charge in [-0.2, -0.15) is 0 Å². The fourth-order valence-electron chi connectivity index (χ4n) is 2.69. The Morgan fingerprint density at radius 2 is 1.94 bits per heavy atom. The van der Waals surface area contributed by atoms with Crippen LogP contribution in [0.25, 0.3) is 0 Å². The van der Waals surface area contributed by atoms with E-state index in [1.165, 1.54) is 0 Å². The number of hydrogen-bond donors (Lipinski definition) is 2. The van der Waals surface area contributed by atoms with E-state index in [0.29, 0.717) is 6.54 Å². The highest BCUT2D eigenvalue weighted by Crippen LogP contribution is 2.29. The lowest BCUT2D eigenvalue weighted by Gasteiger charge is -2.29. The number of carbonyl (C=O) groups is 1. The van der Waals surface area contributed by atoms with Crippen LogP contribution in [0, 0.1) is 11.8 Å². The van der Waals surface area contributed by atoms with E-state index in [-0.39, 0.29) is 24.3 Å². The molecular weight excluding hydrogens is 226 g/mol. The Morgan fingerprint density at radius 1 is 1.22 bits per heavy atom. The highest BCUT2D eigenvalue weighted by atomic mass is 16.3. The number of aliphatic hydroxyl groups is 1. The van der Waals surface area contributed by atoms with Crippen molar-refractivity contribution in [2.24, 2.45) is 11.8 Å². The first kappa shape index (κ1) is 13.1. The molecule has 0 bridgehead atoms. The molecule has 0 heterocycles. The second-order valence-electron chi connectivity index (χ2n) is 5.04. The van der Waals surface area contributed by atoms with Crippen molar-refractivity contribution in [1.29, 1.82) is 0 Å². The first-order chi connectivity index (χ1) is 8.81. The van der Waals surface area contributed by atoms with Gasteiger partial charge in [0.15, 0.2) is 0 Å². The Kier molecular flexibility index (Phi) is 4.76. The summed E-state index contributed by atoms with van der Waals surface area (Å²) in [5.74, 6) is 0.236. The van der Waals surface area contributed by atoms with Crippen molar-refractivity contribution in [3.63, 3.8) is 0 Å². The molecule has 1 fully saturated rings. The normalized spacial score (nSPS) is 23.6. The van der Waals surface area contributed by atoms with Crippen molar-refractivity contribution in [2.45, 2.75) is 32.2 Å². The van der Waals surface area contributed by atoms with Gasteiger partial charge in [-0.3, -0.25) is 4.79 Å². The third-order valence-corrected chi connectivity index (χ3v) is 3.79. The van der Waals surface area contributed by atoms with Crippen LogP contribution in [-0.2, 0) is 11.3 Å². The van der Waals surface area contributed by atoms with Crippen LogP contribution in [0.3, 0.4) is 0 Å². The molecule has 2 atom stereocenters. The summed E-state index contributed by atoms with van der Waals surface area (Å²) in [6.45, 7) is 0.706. The van der Waals surface area contributed by atoms with Crippen molar-refractivity contribution in [2.75, 3.05) is 6.61 Å². The monoisotopic (exact) mass is 247 g/mol. The molecule has 1 aliphatic carbocycles. The van der Waals surface area contributed by atoms with Crippen LogP contribution in [0.5, 0.6) is 0 Å². The molecule has 0 aromatic heterocycles. The summed E-state index contributed by atoms with van der Waals surface area (Å²) in [6, 6.07) is 9.92. The fourth-order valence-corrected chi connectivity index (χ4v) is 2.69. The zero-order valence-corrected chi connectivity index (χ0v) is 10.6. The zero-order valence-electron chi connectivity index (χ0n) is 10.6. The van der Waals surface area contributed by atoms with Crippen molar-refractivity contribution in [3.8, 4) is 0 Å². The highest BCUT2D eigenvalue weighted by Gasteiger charge is 2.29. The number of amides is 1. The van der Waals surface area contributed by atoms with Gasteiger partial charge in [0, 0.05) is 19.1 Å². The molecule has 18 heavy (non-hydrogen) atoms. The first-order valence-electron chi connectivity index (χ1n) is 6.73. The molecule has 1 saturated carbocycles. The number of benzene rings is 1. The average molecular weight is 247 g/mol. The molecule has 1 aliphatic rings. The van der Waals surface area contributed by atoms with E-state index in [1.54, 1.807) is 0 Å². The standard InChI is InChI=1S/C15H21NO2/c17-11-13-8-4-5-9-14(13)15(18)16-10-12-6-2-1-3-7-12/h1-3,6-7,13-14,17H,4-5,8-11H2,(H,16,18). The summed E-state index contributed by atoms with van der Waals surface area (Å²) in [5.41, 5.74) is 1.11. The van der Waals surface area contributed by atoms with Gasteiger partial charge in [0.25, 0.3) is 0 Å². The van der Waals surface area contributed by atoms with Crippen LogP contribution in [0.1, 0.15) is 31.2 Å². The SMILES string of the molecule is O=C(NCc1ccccc1)C1CCCCC1CO. The van der Waals surface area contributed by atoms with Crippen LogP contribution in [0.4, 0.5) is 0 Å². The number of nitrogens with one attached hydrogen (secondary N) is 1. The Morgan fingerprint density at radius 3 is 2.67 bits per heavy atom. The number of aliphatic hydroxyl groups excluding tert-OH is 1. The van der Waals surface area contributed by atoms with Crippen molar-refractivity contribution in [3.05, 3.63) is 35.9 Å². The average Bonchev–Trinajstić information content (AvgIpc) is 2.45. The van der Waals surface area contributed by atoms with Crippen LogP contribution in [0.15, 0.2) is 30.3 Å². The van der Waals surface area contributed by atoms with Gasteiger partial charge in [-0.05, 0) is 24.3 Å². The maximum absolute atomic E-state index is 12.1. The molecule has 0 saturated heterocycles. The number of hydrogen-bond acceptors (Lipinski definition) is 2. The zero-order chi connectivity index (χ0) is 12.8. The van der Waals surface area contributed by atoms with Crippen molar-refractivity contribution < 1.29 is 9.90 Å². The van der Waals surface area contributed by atoms with Gasteiger partial charge in [-0.15, -0.1) is 0 Å². The number of rotatable bonds is 4. The van der Waals surface area contributed by atoms with Crippen LogP contribution < -0.4 is 5.32 Å². The molecule has 2 N–H and O–H groups in total. The van der Waals surface area contributed by atoms with Gasteiger partial charge in [0.05, 0.1) is 0 Å². The van der Waals surface area contributed by atoms with E-state index in [9.17, 15) is 9.90 Å². The minimum Gasteiger partial charge on any atom is -0.396 e. The van der Waals surface area contributed by atoms with E-state index in [0.717, 1.165) is 31.2 Å². The second-order valence-corrected chi connectivity index (χ2v) is 5.04. The van der Waals surface area contributed by atoms with E-state index in [4.69, 9.17) is 0 Å². The van der Waals surface area contributed by atoms with E-state index in [2.05, 4.69) is 5.32 Å². The lowest BCUT2D eigenvalue weighted by atomic mass is 9.79. The highest BCUT2D eigenvalue weighted by molar-refractivity contribution is 5.79. The van der Waals surface area contributed by atoms with Gasteiger partial charge in [0.2, 0.25) is 5.91 Å². The molecule has 2 rings (SSSR count). The van der Waals surface area contributed by atoms with Gasteiger partial charge in [0.1, 0.15) is 0 Å². The van der Waals surface area contributed by atoms with Gasteiger partial charge < -0.3 is 10.4 Å². The van der Waals surface area contributed by atoms with Crippen LogP contribution in [-0.4, -0.2) is 17.6 Å². The number of carbonyl (C=O) groups excluding carboxylic acids is 1. The summed E-state index contributed by atoms with van der Waals surface area (Å²) in [7, 11) is 0. The first-order valence-corrected chi connectivity index (χ1v) is 6.73. The smallest absolute Gasteiger partial charge is 0.223 e. The predicted molar refractivity (Wildman–Crippen MR) is 70.8 cm³/mol. The molecule has 3 heteroatoms. The van der Waals surface area contributed by atoms with Crippen LogP contribution in [0.2, 0.25) is 0 Å². The van der Waals surface area contributed by atoms with Crippen molar-refractivity contribution in [1.82, 2.24) is 5.32 Å². The molecule has 0 aliphatic heterocycles. The predicted octanol–water partition coefficient (Wildman–Crippen LogP) is 2.10. The maximum atomic E-state index is 12.1. The van der Waals surface area contributed by atoms with Gasteiger partial charge in [-0.1, -0.05) is 43.2 Å². The molecule has 1 aromatic carbocycles. The third kappa shape index (κ3) is 3.33. The minimum absolute atomic E-state index is 0.00698. The Bertz CT molecular complexity index is 377. The van der Waals surface area contributed by atoms with Crippen molar-refractivity contribution >= 4 is 5.91 Å². The summed E-state index contributed by atoms with van der Waals surface area (Å²) in [6.07, 6.45) is 4.11. The fraction of sp³-hybridized carbons (Fsp3) is 0.533. The maximum Gasteiger partial charge on any atom is 0.223 e. The molecule has 2 unspecified atom stereocenters. The molecule has 0 radical (unpaired) electrons. The minimum atomic E-state index is -0.00698. The molecule has 3 nitrogen and oxygen atoms in total. The van der Waals surface area contributed by atoms with E-state index >= 15 is 0 Å². The Balaban J connectivity index is 1.87. The van der Waals surface area contributed by atoms with E-state index in [1.807, 2.05) is 30.3 Å². The van der Waals surface area contributed by atoms with E-state index < -0.39 is 0 Å². The summed E-state index contributed by atoms with van der Waals surface area (Å²) in [5, 5.41) is 12.3. The molecule has 98 valence electrons. The largest absolute Gasteiger partial charge is 0.396 e. The quantitative estimate of drug-likeness (QED) is 0.856. The van der Waals surface area contributed by atoms with Gasteiger partial charge >= 0.3 is 0 Å². The molecule has 1 amide bonds. The summed E-state index contributed by atoms with van der Waals surface area (Å²) in [4.78, 5) is 12.1.